The molecule has 2 N–H and O–H groups in total. The fourth-order valence-electron chi connectivity index (χ4n) is 7.70. The van der Waals surface area contributed by atoms with Gasteiger partial charge in [-0.05, 0) is 85.0 Å². The molecule has 0 bridgehead atoms. The predicted octanol–water partition coefficient (Wildman–Crippen LogP) is 8.35. The minimum Gasteiger partial charge on any atom is -0.349 e. The van der Waals surface area contributed by atoms with Crippen LogP contribution in [0.5, 0.6) is 0 Å². The molecule has 1 aliphatic heterocycles. The van der Waals surface area contributed by atoms with E-state index in [1.165, 1.54) is 11.1 Å². The fraction of sp³-hybridized carbons (Fsp3) is 0.422. The average molecular weight is 702 g/mol. The number of ether oxygens (including phenoxy) is 2. The van der Waals surface area contributed by atoms with E-state index in [0.29, 0.717) is 37.3 Å². The third-order valence-corrected chi connectivity index (χ3v) is 11.1. The molecule has 0 radical (unpaired) electrons. The highest BCUT2D eigenvalue weighted by molar-refractivity contribution is 5.99. The standard InChI is InChI=1S/C45H55N3O4/c1-33(35-16-10-7-11-17-35)48(5)42(50)37-19-12-18-36(31-37)41(49)47-40(30-34-14-8-6-9-15-34)22-27-46-44(23-25-45(26-24-44)51-28-29-52-45)39-21-13-20-38(32-39)43(2,3)4/h6-21,31-33,40,46H,22-30H2,1-5H3,(H,47,49)/t33-,40-/m1/s1. The van der Waals surface area contributed by atoms with Gasteiger partial charge in [0, 0.05) is 42.6 Å². The largest absolute Gasteiger partial charge is 0.349 e. The average Bonchev–Trinajstić information content (AvgIpc) is 3.63. The van der Waals surface area contributed by atoms with E-state index in [4.69, 9.17) is 9.47 Å². The van der Waals surface area contributed by atoms with Crippen molar-refractivity contribution in [3.05, 3.63) is 143 Å². The van der Waals surface area contributed by atoms with Crippen LogP contribution >= 0.6 is 0 Å². The summed E-state index contributed by atoms with van der Waals surface area (Å²) in [5, 5.41) is 7.35. The lowest BCUT2D eigenvalue weighted by Crippen LogP contribution is -2.51. The third kappa shape index (κ3) is 8.83. The van der Waals surface area contributed by atoms with Crippen molar-refractivity contribution < 1.29 is 19.1 Å². The van der Waals surface area contributed by atoms with Crippen LogP contribution in [0.2, 0.25) is 0 Å². The Kier molecular flexibility index (Phi) is 11.6. The summed E-state index contributed by atoms with van der Waals surface area (Å²) in [7, 11) is 1.81. The van der Waals surface area contributed by atoms with Gasteiger partial charge in [-0.3, -0.25) is 9.59 Å². The first-order valence-corrected chi connectivity index (χ1v) is 18.9. The molecule has 7 nitrogen and oxygen atoms in total. The molecular weight excluding hydrogens is 647 g/mol. The number of rotatable bonds is 12. The molecule has 4 aromatic carbocycles. The minimum absolute atomic E-state index is 0.0350. The monoisotopic (exact) mass is 701 g/mol. The minimum atomic E-state index is -0.471. The topological polar surface area (TPSA) is 79.9 Å². The Morgan fingerprint density at radius 1 is 0.788 bits per heavy atom. The normalized spacial score (nSPS) is 17.7. The summed E-state index contributed by atoms with van der Waals surface area (Å²) in [4.78, 5) is 29.2. The Labute approximate surface area is 310 Å². The molecule has 4 aromatic rings. The molecule has 1 aliphatic carbocycles. The number of carbonyl (C=O) groups is 2. The van der Waals surface area contributed by atoms with Crippen LogP contribution in [0.25, 0.3) is 0 Å². The second kappa shape index (κ2) is 16.2. The summed E-state index contributed by atoms with van der Waals surface area (Å²) in [6, 6.07) is 36.1. The number of nitrogens with one attached hydrogen (secondary N) is 2. The molecule has 2 aliphatic rings. The van der Waals surface area contributed by atoms with E-state index in [1.807, 2.05) is 62.5 Å². The third-order valence-electron chi connectivity index (χ3n) is 11.1. The lowest BCUT2D eigenvalue weighted by atomic mass is 9.72. The Morgan fingerprint density at radius 2 is 1.42 bits per heavy atom. The van der Waals surface area contributed by atoms with E-state index in [-0.39, 0.29) is 34.9 Å². The number of benzene rings is 4. The Bertz CT molecular complexity index is 1790. The van der Waals surface area contributed by atoms with Crippen LogP contribution in [0.3, 0.4) is 0 Å². The van der Waals surface area contributed by atoms with Gasteiger partial charge in [-0.25, -0.2) is 0 Å². The van der Waals surface area contributed by atoms with Gasteiger partial charge in [-0.2, -0.15) is 0 Å². The van der Waals surface area contributed by atoms with Gasteiger partial charge in [0.1, 0.15) is 0 Å². The van der Waals surface area contributed by atoms with Crippen molar-refractivity contribution in [2.75, 3.05) is 26.8 Å². The number of amides is 2. The summed E-state index contributed by atoms with van der Waals surface area (Å²) in [6.45, 7) is 10.8. The van der Waals surface area contributed by atoms with Gasteiger partial charge < -0.3 is 25.0 Å². The van der Waals surface area contributed by atoms with Crippen LogP contribution in [-0.4, -0.2) is 55.3 Å². The molecular formula is C45H55N3O4. The maximum atomic E-state index is 13.9. The van der Waals surface area contributed by atoms with Crippen molar-refractivity contribution in [2.24, 2.45) is 0 Å². The molecule has 2 amide bonds. The zero-order chi connectivity index (χ0) is 36.8. The number of nitrogens with zero attached hydrogens (tertiary/aromatic N) is 1. The fourth-order valence-corrected chi connectivity index (χ4v) is 7.70. The van der Waals surface area contributed by atoms with Crippen molar-refractivity contribution in [1.29, 1.82) is 0 Å². The molecule has 1 saturated carbocycles. The molecule has 2 atom stereocenters. The lowest BCUT2D eigenvalue weighted by Gasteiger charge is -2.45. The summed E-state index contributed by atoms with van der Waals surface area (Å²) in [6.07, 6.45) is 4.89. The van der Waals surface area contributed by atoms with E-state index in [2.05, 4.69) is 67.8 Å². The molecule has 274 valence electrons. The van der Waals surface area contributed by atoms with E-state index in [1.54, 1.807) is 29.2 Å². The van der Waals surface area contributed by atoms with Crippen LogP contribution in [0, 0.1) is 0 Å². The SMILES string of the molecule is C[C@H](c1ccccc1)N(C)C(=O)c1cccc(C(=O)N[C@H](CCNC2(c3cccc(C(C)(C)C)c3)CCC3(CC2)OCCO3)Cc2ccccc2)c1. The lowest BCUT2D eigenvalue weighted by molar-refractivity contribution is -0.187. The van der Waals surface area contributed by atoms with Gasteiger partial charge in [-0.15, -0.1) is 0 Å². The van der Waals surface area contributed by atoms with E-state index >= 15 is 0 Å². The highest BCUT2D eigenvalue weighted by Gasteiger charge is 2.47. The molecule has 1 spiro atoms. The van der Waals surface area contributed by atoms with Gasteiger partial charge in [0.2, 0.25) is 0 Å². The Morgan fingerprint density at radius 3 is 2.10 bits per heavy atom. The van der Waals surface area contributed by atoms with E-state index in [0.717, 1.165) is 43.2 Å². The number of carbonyl (C=O) groups excluding carboxylic acids is 2. The van der Waals surface area contributed by atoms with Crippen LogP contribution < -0.4 is 10.6 Å². The first kappa shape index (κ1) is 37.5. The molecule has 52 heavy (non-hydrogen) atoms. The van der Waals surface area contributed by atoms with Crippen LogP contribution in [-0.2, 0) is 26.8 Å². The van der Waals surface area contributed by atoms with Gasteiger partial charge in [0.25, 0.3) is 11.8 Å². The van der Waals surface area contributed by atoms with Gasteiger partial charge in [-0.1, -0.05) is 112 Å². The van der Waals surface area contributed by atoms with Gasteiger partial charge in [0.05, 0.1) is 19.3 Å². The summed E-state index contributed by atoms with van der Waals surface area (Å²) >= 11 is 0. The zero-order valence-corrected chi connectivity index (χ0v) is 31.5. The molecule has 0 unspecified atom stereocenters. The van der Waals surface area contributed by atoms with Crippen LogP contribution in [0.15, 0.2) is 109 Å². The summed E-state index contributed by atoms with van der Waals surface area (Å²) < 4.78 is 12.3. The first-order valence-electron chi connectivity index (χ1n) is 18.9. The van der Waals surface area contributed by atoms with Crippen LogP contribution in [0.4, 0.5) is 0 Å². The highest BCUT2D eigenvalue weighted by Crippen LogP contribution is 2.45. The molecule has 6 rings (SSSR count). The van der Waals surface area contributed by atoms with Crippen molar-refractivity contribution in [1.82, 2.24) is 15.5 Å². The van der Waals surface area contributed by atoms with Gasteiger partial charge >= 0.3 is 0 Å². The van der Waals surface area contributed by atoms with Crippen LogP contribution in [0.1, 0.15) is 109 Å². The molecule has 1 saturated heterocycles. The Balaban J connectivity index is 1.18. The smallest absolute Gasteiger partial charge is 0.254 e. The molecule has 7 heteroatoms. The number of hydrogen-bond donors (Lipinski definition) is 2. The predicted molar refractivity (Wildman–Crippen MR) is 207 cm³/mol. The molecule has 0 aromatic heterocycles. The van der Waals surface area contributed by atoms with Crippen molar-refractivity contribution >= 4 is 11.8 Å². The van der Waals surface area contributed by atoms with Gasteiger partial charge in [0.15, 0.2) is 5.79 Å². The van der Waals surface area contributed by atoms with Crippen molar-refractivity contribution in [3.63, 3.8) is 0 Å². The quantitative estimate of drug-likeness (QED) is 0.155. The maximum absolute atomic E-state index is 13.9. The summed E-state index contributed by atoms with van der Waals surface area (Å²) in [5.74, 6) is -0.780. The highest BCUT2D eigenvalue weighted by atomic mass is 16.7. The van der Waals surface area contributed by atoms with Crippen molar-refractivity contribution in [3.8, 4) is 0 Å². The zero-order valence-electron chi connectivity index (χ0n) is 31.5. The first-order chi connectivity index (χ1) is 25.0. The summed E-state index contributed by atoms with van der Waals surface area (Å²) in [5.41, 5.74) is 5.59. The maximum Gasteiger partial charge on any atom is 0.254 e. The van der Waals surface area contributed by atoms with E-state index < -0.39 is 5.79 Å². The second-order valence-corrected chi connectivity index (χ2v) is 15.7. The van der Waals surface area contributed by atoms with E-state index in [9.17, 15) is 9.59 Å². The molecule has 1 heterocycles. The van der Waals surface area contributed by atoms with Crippen molar-refractivity contribution in [2.45, 2.75) is 95.0 Å². The second-order valence-electron chi connectivity index (χ2n) is 15.7. The number of hydrogen-bond acceptors (Lipinski definition) is 5. The Hall–Kier alpha value is -4.30. The molecule has 2 fully saturated rings.